The van der Waals surface area contributed by atoms with E-state index in [1.807, 2.05) is 20.2 Å². The van der Waals surface area contributed by atoms with Gasteiger partial charge in [0, 0.05) is 35.9 Å². The van der Waals surface area contributed by atoms with Crippen molar-refractivity contribution in [2.45, 2.75) is 33.6 Å². The normalized spacial score (nSPS) is 11.3. The molecule has 2 aromatic heterocycles. The van der Waals surface area contributed by atoms with Crippen LogP contribution in [0.4, 0.5) is 10.1 Å². The number of likely N-dealkylation sites (N-methyl/N-ethyl adjacent to an activating group) is 1. The van der Waals surface area contributed by atoms with Gasteiger partial charge in [-0.2, -0.15) is 0 Å². The molecule has 0 saturated heterocycles. The molecule has 0 saturated carbocycles. The van der Waals surface area contributed by atoms with Gasteiger partial charge in [0.25, 0.3) is 0 Å². The van der Waals surface area contributed by atoms with E-state index in [0.717, 1.165) is 48.7 Å². The summed E-state index contributed by atoms with van der Waals surface area (Å²) < 4.78 is 16.2. The predicted molar refractivity (Wildman–Crippen MR) is 119 cm³/mol. The van der Waals surface area contributed by atoms with Crippen LogP contribution in [0, 0.1) is 26.6 Å². The van der Waals surface area contributed by atoms with Crippen molar-refractivity contribution in [3.05, 3.63) is 76.5 Å². The number of halogens is 1. The molecule has 5 heteroatoms. The molecule has 1 N–H and O–H groups in total. The highest BCUT2D eigenvalue weighted by Gasteiger charge is 2.09. The summed E-state index contributed by atoms with van der Waals surface area (Å²) in [5.41, 5.74) is 6.37. The first-order valence-electron chi connectivity index (χ1n) is 10.1. The molecule has 0 radical (unpaired) electrons. The number of hydrogen-bond acceptors (Lipinski definition) is 3. The molecule has 0 atom stereocenters. The minimum atomic E-state index is -0.202. The molecule has 0 fully saturated rings. The maximum absolute atomic E-state index is 14.1. The SMILES string of the molecule is Cc1cc(CCc2cc(F)cc(NCCN(C)C)c2)nc(-n2c(C)ccc2C)c1. The highest BCUT2D eigenvalue weighted by Crippen LogP contribution is 2.19. The van der Waals surface area contributed by atoms with Crippen LogP contribution in [0.3, 0.4) is 0 Å². The molecule has 0 aliphatic carbocycles. The van der Waals surface area contributed by atoms with Gasteiger partial charge in [-0.3, -0.25) is 0 Å². The van der Waals surface area contributed by atoms with Crippen molar-refractivity contribution in [2.75, 3.05) is 32.5 Å². The Labute approximate surface area is 173 Å². The maximum Gasteiger partial charge on any atom is 0.137 e. The summed E-state index contributed by atoms with van der Waals surface area (Å²) in [6.45, 7) is 7.97. The van der Waals surface area contributed by atoms with E-state index in [0.29, 0.717) is 0 Å². The molecule has 1 aromatic carbocycles. The second-order valence-electron chi connectivity index (χ2n) is 8.02. The lowest BCUT2D eigenvalue weighted by atomic mass is 10.1. The van der Waals surface area contributed by atoms with Crippen LogP contribution in [0.1, 0.15) is 28.2 Å². The second-order valence-corrected chi connectivity index (χ2v) is 8.02. The Morgan fingerprint density at radius 2 is 1.69 bits per heavy atom. The number of benzene rings is 1. The zero-order chi connectivity index (χ0) is 21.0. The first kappa shape index (κ1) is 21.1. The molecule has 0 spiro atoms. The molecular formula is C24H31FN4. The number of nitrogens with one attached hydrogen (secondary N) is 1. The number of pyridine rings is 1. The number of anilines is 1. The summed E-state index contributed by atoms with van der Waals surface area (Å²) in [4.78, 5) is 6.97. The number of aryl methyl sites for hydroxylation is 5. The fraction of sp³-hybridized carbons (Fsp3) is 0.375. The average Bonchev–Trinajstić information content (AvgIpc) is 2.97. The summed E-state index contributed by atoms with van der Waals surface area (Å²) in [6, 6.07) is 13.7. The minimum absolute atomic E-state index is 0.202. The van der Waals surface area contributed by atoms with E-state index >= 15 is 0 Å². The Morgan fingerprint density at radius 3 is 2.38 bits per heavy atom. The lowest BCUT2D eigenvalue weighted by Gasteiger charge is -2.13. The van der Waals surface area contributed by atoms with Crippen molar-refractivity contribution < 1.29 is 4.39 Å². The Kier molecular flexibility index (Phi) is 6.70. The molecule has 3 rings (SSSR count). The Balaban J connectivity index is 1.74. The zero-order valence-electron chi connectivity index (χ0n) is 18.1. The lowest BCUT2D eigenvalue weighted by molar-refractivity contribution is 0.425. The molecule has 2 heterocycles. The largest absolute Gasteiger partial charge is 0.384 e. The molecule has 0 unspecified atom stereocenters. The van der Waals surface area contributed by atoms with Gasteiger partial charge >= 0.3 is 0 Å². The van der Waals surface area contributed by atoms with E-state index in [1.54, 1.807) is 12.1 Å². The predicted octanol–water partition coefficient (Wildman–Crippen LogP) is 4.70. The number of hydrogen-bond donors (Lipinski definition) is 1. The summed E-state index contributed by atoms with van der Waals surface area (Å²) in [7, 11) is 4.05. The molecular weight excluding hydrogens is 363 g/mol. The Hall–Kier alpha value is -2.66. The van der Waals surface area contributed by atoms with Crippen molar-refractivity contribution in [2.24, 2.45) is 0 Å². The molecule has 3 aromatic rings. The highest BCUT2D eigenvalue weighted by atomic mass is 19.1. The third-order valence-electron chi connectivity index (χ3n) is 5.02. The van der Waals surface area contributed by atoms with Crippen molar-refractivity contribution in [3.8, 4) is 5.82 Å². The van der Waals surface area contributed by atoms with E-state index in [-0.39, 0.29) is 5.82 Å². The van der Waals surface area contributed by atoms with Gasteiger partial charge in [-0.05, 0) is 101 Å². The molecule has 154 valence electrons. The van der Waals surface area contributed by atoms with Crippen LogP contribution < -0.4 is 5.32 Å². The zero-order valence-corrected chi connectivity index (χ0v) is 18.1. The molecule has 4 nitrogen and oxygen atoms in total. The summed E-state index contributed by atoms with van der Waals surface area (Å²) >= 11 is 0. The first-order chi connectivity index (χ1) is 13.8. The number of aromatic nitrogens is 2. The van der Waals surface area contributed by atoms with Crippen LogP contribution in [0.2, 0.25) is 0 Å². The Bertz CT molecular complexity index is 956. The van der Waals surface area contributed by atoms with Crippen molar-refractivity contribution in [3.63, 3.8) is 0 Å². The Morgan fingerprint density at radius 1 is 0.966 bits per heavy atom. The molecule has 0 aliphatic rings. The van der Waals surface area contributed by atoms with Gasteiger partial charge in [-0.15, -0.1) is 0 Å². The van der Waals surface area contributed by atoms with E-state index in [1.165, 1.54) is 17.0 Å². The summed E-state index contributed by atoms with van der Waals surface area (Å²) in [5.74, 6) is 0.747. The van der Waals surface area contributed by atoms with Gasteiger partial charge in [0.15, 0.2) is 0 Å². The van der Waals surface area contributed by atoms with Gasteiger partial charge in [0.05, 0.1) is 0 Å². The van der Waals surface area contributed by atoms with Crippen molar-refractivity contribution in [1.29, 1.82) is 0 Å². The second kappa shape index (κ2) is 9.23. The quantitative estimate of drug-likeness (QED) is 0.601. The van der Waals surface area contributed by atoms with Crippen LogP contribution in [-0.4, -0.2) is 41.6 Å². The number of rotatable bonds is 8. The topological polar surface area (TPSA) is 33.1 Å². The average molecular weight is 395 g/mol. The van der Waals surface area contributed by atoms with Gasteiger partial charge in [-0.25, -0.2) is 9.37 Å². The van der Waals surface area contributed by atoms with Crippen LogP contribution in [0.5, 0.6) is 0 Å². The third kappa shape index (κ3) is 5.67. The van der Waals surface area contributed by atoms with Gasteiger partial charge in [0.1, 0.15) is 11.6 Å². The van der Waals surface area contributed by atoms with E-state index in [9.17, 15) is 4.39 Å². The van der Waals surface area contributed by atoms with E-state index in [2.05, 4.69) is 59.8 Å². The van der Waals surface area contributed by atoms with Crippen LogP contribution in [-0.2, 0) is 12.8 Å². The standard InChI is InChI=1S/C24H31FN4/c1-17-12-22(27-24(13-17)29-18(2)6-7-19(29)3)9-8-20-14-21(25)16-23(15-20)26-10-11-28(4)5/h6-7,12-16,26H,8-11H2,1-5H3. The fourth-order valence-electron chi connectivity index (χ4n) is 3.59. The van der Waals surface area contributed by atoms with Crippen molar-refractivity contribution >= 4 is 5.69 Å². The van der Waals surface area contributed by atoms with Crippen LogP contribution in [0.25, 0.3) is 5.82 Å². The van der Waals surface area contributed by atoms with Gasteiger partial charge in [0.2, 0.25) is 0 Å². The molecule has 0 bridgehead atoms. The van der Waals surface area contributed by atoms with Gasteiger partial charge < -0.3 is 14.8 Å². The smallest absolute Gasteiger partial charge is 0.137 e. The minimum Gasteiger partial charge on any atom is -0.384 e. The molecule has 0 amide bonds. The third-order valence-corrected chi connectivity index (χ3v) is 5.02. The molecule has 0 aliphatic heterocycles. The summed E-state index contributed by atoms with van der Waals surface area (Å²) in [5, 5.41) is 3.30. The monoisotopic (exact) mass is 394 g/mol. The maximum atomic E-state index is 14.1. The number of nitrogens with zero attached hydrogens (tertiary/aromatic N) is 3. The highest BCUT2D eigenvalue weighted by molar-refractivity contribution is 5.46. The van der Waals surface area contributed by atoms with Gasteiger partial charge in [-0.1, -0.05) is 0 Å². The van der Waals surface area contributed by atoms with E-state index < -0.39 is 0 Å². The lowest BCUT2D eigenvalue weighted by Crippen LogP contribution is -2.20. The van der Waals surface area contributed by atoms with Crippen LogP contribution in [0.15, 0.2) is 42.5 Å². The van der Waals surface area contributed by atoms with Crippen molar-refractivity contribution in [1.82, 2.24) is 14.5 Å². The summed E-state index contributed by atoms with van der Waals surface area (Å²) in [6.07, 6.45) is 1.52. The molecule has 29 heavy (non-hydrogen) atoms. The van der Waals surface area contributed by atoms with Crippen LogP contribution >= 0.6 is 0 Å². The fourth-order valence-corrected chi connectivity index (χ4v) is 3.59. The van der Waals surface area contributed by atoms with E-state index in [4.69, 9.17) is 4.98 Å². The first-order valence-corrected chi connectivity index (χ1v) is 10.1.